The van der Waals surface area contributed by atoms with Crippen molar-refractivity contribution >= 4 is 51.5 Å². The lowest BCUT2D eigenvalue weighted by atomic mass is 9.96. The Bertz CT molecular complexity index is 1190. The minimum absolute atomic E-state index is 0.0248. The Morgan fingerprint density at radius 2 is 1.97 bits per heavy atom. The Labute approximate surface area is 213 Å². The molecule has 3 heterocycles. The van der Waals surface area contributed by atoms with Gasteiger partial charge in [0.1, 0.15) is 0 Å². The molecular weight excluding hydrogens is 545 g/mol. The molecule has 172 valence electrons. The van der Waals surface area contributed by atoms with Gasteiger partial charge in [-0.2, -0.15) is 0 Å². The number of hydrogen-bond acceptors (Lipinski definition) is 3. The zero-order valence-electron chi connectivity index (χ0n) is 19.2. The maximum Gasteiger partial charge on any atom is 0.226 e. The molecule has 1 fully saturated rings. The summed E-state index contributed by atoms with van der Waals surface area (Å²) in [5.74, 6) is -0.0248. The molecule has 2 aromatic heterocycles. The average molecular weight is 574 g/mol. The number of nitrogens with one attached hydrogen (secondary N) is 3. The van der Waals surface area contributed by atoms with E-state index in [4.69, 9.17) is 12.2 Å². The number of thiocarbonyl (C=S) groups is 1. The average Bonchev–Trinajstić information content (AvgIpc) is 3.23. The molecule has 6 nitrogen and oxygen atoms in total. The number of aryl methyl sites for hydroxylation is 4. The van der Waals surface area contributed by atoms with Crippen LogP contribution in [0.3, 0.4) is 0 Å². The highest BCUT2D eigenvalue weighted by Crippen LogP contribution is 2.42. The van der Waals surface area contributed by atoms with Gasteiger partial charge in [0.2, 0.25) is 5.91 Å². The summed E-state index contributed by atoms with van der Waals surface area (Å²) in [5, 5.41) is 7.18. The number of carbonyl (C=O) groups is 1. The van der Waals surface area contributed by atoms with Crippen molar-refractivity contribution in [3.8, 4) is 0 Å². The van der Waals surface area contributed by atoms with Crippen molar-refractivity contribution in [3.63, 3.8) is 0 Å². The maximum absolute atomic E-state index is 12.9. The fourth-order valence-electron chi connectivity index (χ4n) is 4.39. The molecule has 1 aliphatic heterocycles. The number of halogens is 1. The van der Waals surface area contributed by atoms with Gasteiger partial charge < -0.3 is 20.5 Å². The Morgan fingerprint density at radius 1 is 1.18 bits per heavy atom. The first-order valence-electron chi connectivity index (χ1n) is 11.0. The lowest BCUT2D eigenvalue weighted by Gasteiger charge is -2.28. The first-order chi connectivity index (χ1) is 15.8. The maximum atomic E-state index is 12.9. The molecule has 33 heavy (non-hydrogen) atoms. The van der Waals surface area contributed by atoms with Gasteiger partial charge in [0.05, 0.1) is 17.8 Å². The van der Waals surface area contributed by atoms with Crippen molar-refractivity contribution in [1.29, 1.82) is 0 Å². The highest BCUT2D eigenvalue weighted by molar-refractivity contribution is 14.1. The fraction of sp³-hybridized carbons (Fsp3) is 0.320. The number of benzene rings is 1. The van der Waals surface area contributed by atoms with E-state index in [1.54, 1.807) is 6.20 Å². The van der Waals surface area contributed by atoms with Gasteiger partial charge in [0.15, 0.2) is 5.11 Å². The van der Waals surface area contributed by atoms with Crippen LogP contribution < -0.4 is 10.6 Å². The standard InChI is InChI=1S/C25H28IN5OS/c1-14-8-9-15(2)19(13-14)29-20(32)10-12-31-24(21-16(3)28-17(4)22(21)26)23(30-25(31)33)18-7-5-6-11-27-18/h5-9,11,13,23-24,28H,10,12H2,1-4H3,(H,29,32)(H,30,33)/t23-,24+/m0/s1. The van der Waals surface area contributed by atoms with Crippen molar-refractivity contribution in [2.24, 2.45) is 0 Å². The van der Waals surface area contributed by atoms with E-state index in [2.05, 4.69) is 61.9 Å². The molecule has 0 radical (unpaired) electrons. The predicted octanol–water partition coefficient (Wildman–Crippen LogP) is 5.25. The van der Waals surface area contributed by atoms with Crippen LogP contribution in [0.1, 0.15) is 52.3 Å². The van der Waals surface area contributed by atoms with Crippen molar-refractivity contribution in [2.45, 2.75) is 46.2 Å². The predicted molar refractivity (Wildman–Crippen MR) is 144 cm³/mol. The van der Waals surface area contributed by atoms with E-state index in [-0.39, 0.29) is 18.0 Å². The first-order valence-corrected chi connectivity index (χ1v) is 12.4. The molecule has 1 amide bonds. The molecule has 1 saturated heterocycles. The van der Waals surface area contributed by atoms with Crippen LogP contribution >= 0.6 is 34.8 Å². The zero-order valence-corrected chi connectivity index (χ0v) is 22.2. The molecule has 2 atom stereocenters. The van der Waals surface area contributed by atoms with E-state index in [9.17, 15) is 4.79 Å². The summed E-state index contributed by atoms with van der Waals surface area (Å²) in [6, 6.07) is 11.8. The van der Waals surface area contributed by atoms with E-state index in [1.807, 2.05) is 50.2 Å². The Balaban J connectivity index is 1.59. The summed E-state index contributed by atoms with van der Waals surface area (Å²) < 4.78 is 1.19. The van der Waals surface area contributed by atoms with Gasteiger partial charge in [0.25, 0.3) is 0 Å². The third-order valence-electron chi connectivity index (χ3n) is 6.09. The number of pyridine rings is 1. The molecular formula is C25H28IN5OS. The lowest BCUT2D eigenvalue weighted by molar-refractivity contribution is -0.116. The fourth-order valence-corrected chi connectivity index (χ4v) is 5.58. The van der Waals surface area contributed by atoms with Gasteiger partial charge in [-0.1, -0.05) is 18.2 Å². The molecule has 3 aromatic rings. The second-order valence-corrected chi connectivity index (χ2v) is 10.0. The van der Waals surface area contributed by atoms with Crippen LogP contribution in [0.15, 0.2) is 42.6 Å². The van der Waals surface area contributed by atoms with Gasteiger partial charge >= 0.3 is 0 Å². The summed E-state index contributed by atoms with van der Waals surface area (Å²) in [4.78, 5) is 23.0. The van der Waals surface area contributed by atoms with E-state index in [0.29, 0.717) is 18.1 Å². The number of carbonyl (C=O) groups excluding carboxylic acids is 1. The Kier molecular flexibility index (Phi) is 7.04. The van der Waals surface area contributed by atoms with E-state index in [1.165, 1.54) is 9.13 Å². The number of anilines is 1. The van der Waals surface area contributed by atoms with Gasteiger partial charge in [-0.05, 0) is 91.8 Å². The number of amides is 1. The first kappa shape index (κ1) is 23.7. The van der Waals surface area contributed by atoms with E-state index in [0.717, 1.165) is 33.9 Å². The Morgan fingerprint density at radius 3 is 2.64 bits per heavy atom. The Hall–Kier alpha value is -2.46. The van der Waals surface area contributed by atoms with Gasteiger partial charge in [-0.15, -0.1) is 0 Å². The van der Waals surface area contributed by atoms with Crippen LogP contribution in [0.5, 0.6) is 0 Å². The third-order valence-corrected chi connectivity index (χ3v) is 7.83. The molecule has 0 unspecified atom stereocenters. The number of hydrogen-bond donors (Lipinski definition) is 3. The van der Waals surface area contributed by atoms with E-state index < -0.39 is 0 Å². The molecule has 1 aliphatic rings. The number of H-pyrrole nitrogens is 1. The summed E-state index contributed by atoms with van der Waals surface area (Å²) in [7, 11) is 0. The van der Waals surface area contributed by atoms with Gasteiger partial charge in [0, 0.05) is 45.4 Å². The topological polar surface area (TPSA) is 73.1 Å². The van der Waals surface area contributed by atoms with Crippen LogP contribution in [0.25, 0.3) is 0 Å². The third kappa shape index (κ3) is 4.91. The summed E-state index contributed by atoms with van der Waals surface area (Å²) in [5.41, 5.74) is 7.40. The highest BCUT2D eigenvalue weighted by Gasteiger charge is 2.42. The van der Waals surface area contributed by atoms with Crippen LogP contribution in [-0.4, -0.2) is 32.4 Å². The lowest BCUT2D eigenvalue weighted by Crippen LogP contribution is -2.33. The van der Waals surface area contributed by atoms with Crippen molar-refractivity contribution in [1.82, 2.24) is 20.2 Å². The van der Waals surface area contributed by atoms with Crippen molar-refractivity contribution in [3.05, 3.63) is 79.9 Å². The summed E-state index contributed by atoms with van der Waals surface area (Å²) in [6.45, 7) is 8.70. The van der Waals surface area contributed by atoms with Gasteiger partial charge in [-0.25, -0.2) is 0 Å². The van der Waals surface area contributed by atoms with E-state index >= 15 is 0 Å². The molecule has 0 spiro atoms. The molecule has 4 rings (SSSR count). The van der Waals surface area contributed by atoms with Crippen LogP contribution in [-0.2, 0) is 4.79 Å². The monoisotopic (exact) mass is 573 g/mol. The van der Waals surface area contributed by atoms with Crippen molar-refractivity contribution < 1.29 is 4.79 Å². The minimum atomic E-state index is -0.0943. The molecule has 0 saturated carbocycles. The number of aromatic nitrogens is 2. The quantitative estimate of drug-likeness (QED) is 0.278. The summed E-state index contributed by atoms with van der Waals surface area (Å²) >= 11 is 8.15. The zero-order chi connectivity index (χ0) is 23.7. The van der Waals surface area contributed by atoms with Crippen molar-refractivity contribution in [2.75, 3.05) is 11.9 Å². The molecule has 3 N–H and O–H groups in total. The molecule has 1 aromatic carbocycles. The highest BCUT2D eigenvalue weighted by atomic mass is 127. The number of aromatic amines is 1. The number of rotatable bonds is 6. The van der Waals surface area contributed by atoms with Gasteiger partial charge in [-0.3, -0.25) is 9.78 Å². The minimum Gasteiger partial charge on any atom is -0.362 e. The second kappa shape index (κ2) is 9.80. The second-order valence-electron chi connectivity index (χ2n) is 8.54. The molecule has 8 heteroatoms. The molecule has 0 bridgehead atoms. The largest absolute Gasteiger partial charge is 0.362 e. The van der Waals surface area contributed by atoms with Crippen LogP contribution in [0, 0.1) is 31.3 Å². The number of nitrogens with zero attached hydrogens (tertiary/aromatic N) is 2. The normalized spacial score (nSPS) is 17.8. The molecule has 0 aliphatic carbocycles. The SMILES string of the molecule is Cc1ccc(C)c(NC(=O)CCN2C(=S)N[C@@H](c3ccccn3)[C@H]2c2c(C)[nH]c(C)c2I)c1. The smallest absolute Gasteiger partial charge is 0.226 e. The van der Waals surface area contributed by atoms with Crippen LogP contribution in [0.4, 0.5) is 5.69 Å². The van der Waals surface area contributed by atoms with Crippen LogP contribution in [0.2, 0.25) is 0 Å². The summed E-state index contributed by atoms with van der Waals surface area (Å²) in [6.07, 6.45) is 2.14.